The molecule has 2 fully saturated rings. The summed E-state index contributed by atoms with van der Waals surface area (Å²) in [4.78, 5) is 16.2. The number of hydrogen-bond acceptors (Lipinski definition) is 3. The van der Waals surface area contributed by atoms with Crippen LogP contribution in [0.5, 0.6) is 0 Å². The van der Waals surface area contributed by atoms with E-state index in [0.717, 1.165) is 44.2 Å². The first-order valence-electron chi connectivity index (χ1n) is 7.72. The third kappa shape index (κ3) is 3.01. The summed E-state index contributed by atoms with van der Waals surface area (Å²) in [5.74, 6) is 0.318. The van der Waals surface area contributed by atoms with Crippen molar-refractivity contribution in [3.05, 3.63) is 28.8 Å². The van der Waals surface area contributed by atoms with Crippen LogP contribution in [0.15, 0.2) is 18.2 Å². The largest absolute Gasteiger partial charge is 0.367 e. The number of nitrogens with zero attached hydrogens (tertiary/aromatic N) is 2. The molecule has 0 bridgehead atoms. The van der Waals surface area contributed by atoms with Crippen molar-refractivity contribution in [1.29, 1.82) is 0 Å². The van der Waals surface area contributed by atoms with Crippen LogP contribution < -0.4 is 10.2 Å². The molecule has 5 heteroatoms. The van der Waals surface area contributed by atoms with E-state index < -0.39 is 0 Å². The molecular formula is C16H22ClN3O. The number of carbonyl (C=O) groups excluding carboxylic acids is 1. The average Bonchev–Trinajstić information content (AvgIpc) is 2.87. The van der Waals surface area contributed by atoms with Crippen LogP contribution in [0.25, 0.3) is 0 Å². The van der Waals surface area contributed by atoms with Gasteiger partial charge in [0.15, 0.2) is 0 Å². The Labute approximate surface area is 131 Å². The smallest absolute Gasteiger partial charge is 0.223 e. The highest BCUT2D eigenvalue weighted by atomic mass is 35.5. The van der Waals surface area contributed by atoms with E-state index in [1.807, 2.05) is 11.0 Å². The van der Waals surface area contributed by atoms with Gasteiger partial charge in [-0.05, 0) is 30.7 Å². The van der Waals surface area contributed by atoms with Gasteiger partial charge in [0.25, 0.3) is 0 Å². The summed E-state index contributed by atoms with van der Waals surface area (Å²) in [5.41, 5.74) is 2.49. The van der Waals surface area contributed by atoms with Gasteiger partial charge in [0.05, 0.1) is 0 Å². The molecule has 114 valence electrons. The predicted octanol–water partition coefficient (Wildman–Crippen LogP) is 2.26. The number of benzene rings is 1. The molecule has 1 aromatic carbocycles. The summed E-state index contributed by atoms with van der Waals surface area (Å²) in [6, 6.07) is 6.48. The molecule has 1 amide bonds. The fourth-order valence-electron chi connectivity index (χ4n) is 3.32. The van der Waals surface area contributed by atoms with Crippen molar-refractivity contribution in [2.24, 2.45) is 0 Å². The number of nitrogens with one attached hydrogen (secondary N) is 1. The van der Waals surface area contributed by atoms with Crippen LogP contribution in [-0.2, 0) is 11.3 Å². The Morgan fingerprint density at radius 2 is 2.24 bits per heavy atom. The van der Waals surface area contributed by atoms with Crippen molar-refractivity contribution in [2.75, 3.05) is 31.1 Å². The third-order valence-corrected chi connectivity index (χ3v) is 4.68. The molecule has 0 spiro atoms. The van der Waals surface area contributed by atoms with E-state index in [0.29, 0.717) is 18.4 Å². The summed E-state index contributed by atoms with van der Waals surface area (Å²) in [6.07, 6.45) is 1.69. The van der Waals surface area contributed by atoms with Gasteiger partial charge in [-0.1, -0.05) is 24.6 Å². The van der Waals surface area contributed by atoms with Crippen molar-refractivity contribution < 1.29 is 4.79 Å². The first kappa shape index (κ1) is 14.7. The van der Waals surface area contributed by atoms with Gasteiger partial charge < -0.3 is 15.1 Å². The summed E-state index contributed by atoms with van der Waals surface area (Å²) in [5, 5.41) is 4.16. The summed E-state index contributed by atoms with van der Waals surface area (Å²) in [7, 11) is 0. The molecule has 0 aromatic heterocycles. The second-order valence-corrected chi connectivity index (χ2v) is 6.22. The van der Waals surface area contributed by atoms with E-state index in [-0.39, 0.29) is 0 Å². The van der Waals surface area contributed by atoms with Crippen molar-refractivity contribution in [2.45, 2.75) is 32.4 Å². The van der Waals surface area contributed by atoms with Crippen LogP contribution >= 0.6 is 11.6 Å². The SMILES string of the molecule is CCNCc1ccc(Cl)cc1N1CCN2C(=O)CCC2C1. The minimum atomic E-state index is 0.318. The van der Waals surface area contributed by atoms with Crippen LogP contribution in [0.1, 0.15) is 25.3 Å². The number of anilines is 1. The lowest BCUT2D eigenvalue weighted by molar-refractivity contribution is -0.129. The van der Waals surface area contributed by atoms with Gasteiger partial charge in [-0.25, -0.2) is 0 Å². The van der Waals surface area contributed by atoms with Gasteiger partial charge in [-0.3, -0.25) is 4.79 Å². The van der Waals surface area contributed by atoms with Crippen molar-refractivity contribution in [3.63, 3.8) is 0 Å². The quantitative estimate of drug-likeness (QED) is 0.927. The summed E-state index contributed by atoms with van der Waals surface area (Å²) >= 11 is 6.19. The van der Waals surface area contributed by atoms with Crippen LogP contribution in [0.3, 0.4) is 0 Å². The fraction of sp³-hybridized carbons (Fsp3) is 0.562. The highest BCUT2D eigenvalue weighted by molar-refractivity contribution is 6.30. The van der Waals surface area contributed by atoms with Gasteiger partial charge in [0.2, 0.25) is 5.91 Å². The molecule has 2 heterocycles. The lowest BCUT2D eigenvalue weighted by atomic mass is 10.1. The Hall–Kier alpha value is -1.26. The zero-order chi connectivity index (χ0) is 14.8. The monoisotopic (exact) mass is 307 g/mol. The average molecular weight is 308 g/mol. The molecule has 3 rings (SSSR count). The second kappa shape index (κ2) is 6.24. The van der Waals surface area contributed by atoms with Crippen LogP contribution in [0.4, 0.5) is 5.69 Å². The number of rotatable bonds is 4. The molecule has 2 aliphatic rings. The standard InChI is InChI=1S/C16H22ClN3O/c1-2-18-10-12-3-4-13(17)9-15(12)19-7-8-20-14(11-19)5-6-16(20)21/h3-4,9,14,18H,2,5-8,10-11H2,1H3. The minimum absolute atomic E-state index is 0.318. The first-order valence-corrected chi connectivity index (χ1v) is 8.10. The molecule has 2 aliphatic heterocycles. The van der Waals surface area contributed by atoms with Crippen molar-refractivity contribution in [3.8, 4) is 0 Å². The maximum absolute atomic E-state index is 11.8. The normalized spacial score (nSPS) is 21.8. The zero-order valence-electron chi connectivity index (χ0n) is 12.4. The summed E-state index contributed by atoms with van der Waals surface area (Å²) in [6.45, 7) is 6.56. The number of hydrogen-bond donors (Lipinski definition) is 1. The second-order valence-electron chi connectivity index (χ2n) is 5.78. The number of fused-ring (bicyclic) bond motifs is 1. The van der Waals surface area contributed by atoms with E-state index in [1.165, 1.54) is 11.3 Å². The highest BCUT2D eigenvalue weighted by Crippen LogP contribution is 2.30. The molecule has 4 nitrogen and oxygen atoms in total. The molecular weight excluding hydrogens is 286 g/mol. The minimum Gasteiger partial charge on any atom is -0.367 e. The first-order chi connectivity index (χ1) is 10.2. The maximum Gasteiger partial charge on any atom is 0.223 e. The lowest BCUT2D eigenvalue weighted by Gasteiger charge is -2.39. The van der Waals surface area contributed by atoms with Gasteiger partial charge in [0, 0.05) is 49.4 Å². The number of halogens is 1. The molecule has 1 aromatic rings. The maximum atomic E-state index is 11.8. The van der Waals surface area contributed by atoms with Crippen LogP contribution in [0, 0.1) is 0 Å². The van der Waals surface area contributed by atoms with E-state index in [9.17, 15) is 4.79 Å². The molecule has 1 atom stereocenters. The van der Waals surface area contributed by atoms with Crippen LogP contribution in [-0.4, -0.2) is 43.0 Å². The molecule has 1 unspecified atom stereocenters. The van der Waals surface area contributed by atoms with Gasteiger partial charge in [0.1, 0.15) is 0 Å². The Morgan fingerprint density at radius 1 is 1.38 bits per heavy atom. The highest BCUT2D eigenvalue weighted by Gasteiger charge is 2.35. The van der Waals surface area contributed by atoms with E-state index in [2.05, 4.69) is 29.3 Å². The van der Waals surface area contributed by atoms with Crippen LogP contribution in [0.2, 0.25) is 5.02 Å². The Balaban J connectivity index is 1.80. The summed E-state index contributed by atoms with van der Waals surface area (Å²) < 4.78 is 0. The molecule has 21 heavy (non-hydrogen) atoms. The Morgan fingerprint density at radius 3 is 3.05 bits per heavy atom. The lowest BCUT2D eigenvalue weighted by Crippen LogP contribution is -2.51. The molecule has 0 radical (unpaired) electrons. The Bertz CT molecular complexity index is 534. The van der Waals surface area contributed by atoms with E-state index >= 15 is 0 Å². The zero-order valence-corrected chi connectivity index (χ0v) is 13.2. The number of amides is 1. The fourth-order valence-corrected chi connectivity index (χ4v) is 3.49. The predicted molar refractivity (Wildman–Crippen MR) is 85.8 cm³/mol. The molecule has 2 saturated heterocycles. The molecule has 1 N–H and O–H groups in total. The van der Waals surface area contributed by atoms with Gasteiger partial charge in [-0.2, -0.15) is 0 Å². The van der Waals surface area contributed by atoms with Gasteiger partial charge in [-0.15, -0.1) is 0 Å². The van der Waals surface area contributed by atoms with E-state index in [1.54, 1.807) is 0 Å². The van der Waals surface area contributed by atoms with E-state index in [4.69, 9.17) is 11.6 Å². The number of piperazine rings is 1. The molecule has 0 aliphatic carbocycles. The van der Waals surface area contributed by atoms with Crippen molar-refractivity contribution >= 4 is 23.2 Å². The number of carbonyl (C=O) groups is 1. The Kier molecular flexibility index (Phi) is 4.36. The topological polar surface area (TPSA) is 35.6 Å². The van der Waals surface area contributed by atoms with Gasteiger partial charge >= 0.3 is 0 Å². The van der Waals surface area contributed by atoms with Crippen molar-refractivity contribution in [1.82, 2.24) is 10.2 Å². The molecule has 0 saturated carbocycles. The third-order valence-electron chi connectivity index (χ3n) is 4.45.